The van der Waals surface area contributed by atoms with Crippen LogP contribution in [0.3, 0.4) is 0 Å². The van der Waals surface area contributed by atoms with Crippen molar-refractivity contribution in [1.82, 2.24) is 5.16 Å². The van der Waals surface area contributed by atoms with E-state index in [1.165, 1.54) is 32.2 Å². The molecule has 0 aliphatic carbocycles. The number of nitro benzene ring substituents is 1. The molecule has 0 bridgehead atoms. The maximum atomic E-state index is 12.0. The van der Waals surface area contributed by atoms with Crippen LogP contribution in [0.1, 0.15) is 12.7 Å². The summed E-state index contributed by atoms with van der Waals surface area (Å²) in [6.45, 7) is 3.15. The first-order valence-electron chi connectivity index (χ1n) is 6.64. The number of aromatic nitrogens is 1. The predicted molar refractivity (Wildman–Crippen MR) is 79.6 cm³/mol. The van der Waals surface area contributed by atoms with E-state index < -0.39 is 16.9 Å². The van der Waals surface area contributed by atoms with Gasteiger partial charge < -0.3 is 19.3 Å². The molecule has 0 saturated carbocycles. The molecule has 1 aromatic carbocycles. The molecule has 1 heterocycles. The van der Waals surface area contributed by atoms with Gasteiger partial charge in [0.15, 0.2) is 17.7 Å². The van der Waals surface area contributed by atoms with Gasteiger partial charge in [-0.3, -0.25) is 14.9 Å². The number of nitro groups is 1. The van der Waals surface area contributed by atoms with Crippen LogP contribution in [0.15, 0.2) is 28.8 Å². The molecule has 0 saturated heterocycles. The van der Waals surface area contributed by atoms with E-state index in [1.807, 2.05) is 0 Å². The lowest BCUT2D eigenvalue weighted by atomic mass is 10.2. The highest BCUT2D eigenvalue weighted by Gasteiger charge is 2.22. The molecule has 9 nitrogen and oxygen atoms in total. The highest BCUT2D eigenvalue weighted by atomic mass is 16.6. The number of hydrogen-bond donors (Lipinski definition) is 1. The number of rotatable bonds is 6. The number of nitrogens with one attached hydrogen (secondary N) is 1. The third-order valence-electron chi connectivity index (χ3n) is 2.92. The number of ether oxygens (including phenoxy) is 2. The Labute approximate surface area is 131 Å². The average Bonchev–Trinajstić information content (AvgIpc) is 2.92. The Morgan fingerprint density at radius 1 is 1.43 bits per heavy atom. The Bertz CT molecular complexity index is 727. The number of amides is 1. The van der Waals surface area contributed by atoms with E-state index in [4.69, 9.17) is 14.0 Å². The summed E-state index contributed by atoms with van der Waals surface area (Å²) >= 11 is 0. The maximum Gasteiger partial charge on any atom is 0.314 e. The van der Waals surface area contributed by atoms with Crippen LogP contribution in [0, 0.1) is 17.0 Å². The second kappa shape index (κ2) is 6.77. The first-order chi connectivity index (χ1) is 10.9. The van der Waals surface area contributed by atoms with Crippen molar-refractivity contribution in [2.45, 2.75) is 20.0 Å². The molecule has 122 valence electrons. The minimum absolute atomic E-state index is 0.0326. The molecule has 0 aliphatic rings. The molecular weight excluding hydrogens is 306 g/mol. The summed E-state index contributed by atoms with van der Waals surface area (Å²) in [4.78, 5) is 22.5. The van der Waals surface area contributed by atoms with Crippen molar-refractivity contribution in [2.24, 2.45) is 0 Å². The zero-order chi connectivity index (χ0) is 17.0. The molecule has 1 amide bonds. The van der Waals surface area contributed by atoms with Crippen LogP contribution in [0.2, 0.25) is 0 Å². The van der Waals surface area contributed by atoms with Crippen molar-refractivity contribution in [3.63, 3.8) is 0 Å². The smallest absolute Gasteiger partial charge is 0.314 e. The van der Waals surface area contributed by atoms with Crippen LogP contribution in [0.5, 0.6) is 11.5 Å². The van der Waals surface area contributed by atoms with Gasteiger partial charge in [0.05, 0.1) is 18.1 Å². The number of benzene rings is 1. The van der Waals surface area contributed by atoms with Gasteiger partial charge in [-0.1, -0.05) is 5.16 Å². The molecule has 0 spiro atoms. The quantitative estimate of drug-likeness (QED) is 0.640. The van der Waals surface area contributed by atoms with Crippen molar-refractivity contribution < 1.29 is 23.7 Å². The second-order valence-electron chi connectivity index (χ2n) is 4.66. The zero-order valence-corrected chi connectivity index (χ0v) is 12.7. The Morgan fingerprint density at radius 2 is 2.17 bits per heavy atom. The van der Waals surface area contributed by atoms with E-state index in [9.17, 15) is 14.9 Å². The summed E-state index contributed by atoms with van der Waals surface area (Å²) in [6, 6.07) is 5.65. The summed E-state index contributed by atoms with van der Waals surface area (Å²) in [5, 5.41) is 17.2. The largest absolute Gasteiger partial charge is 0.496 e. The van der Waals surface area contributed by atoms with Crippen molar-refractivity contribution >= 4 is 17.4 Å². The van der Waals surface area contributed by atoms with Crippen LogP contribution >= 0.6 is 0 Å². The third-order valence-corrected chi connectivity index (χ3v) is 2.92. The number of hydrogen-bond acceptors (Lipinski definition) is 7. The first kappa shape index (κ1) is 16.3. The molecule has 0 unspecified atom stereocenters. The Balaban J connectivity index is 2.11. The van der Waals surface area contributed by atoms with Crippen LogP contribution < -0.4 is 14.8 Å². The van der Waals surface area contributed by atoms with Gasteiger partial charge in [-0.05, 0) is 26.0 Å². The Hall–Kier alpha value is -3.10. The van der Waals surface area contributed by atoms with E-state index in [-0.39, 0.29) is 17.3 Å². The highest BCUT2D eigenvalue weighted by Crippen LogP contribution is 2.31. The molecule has 9 heteroatoms. The van der Waals surface area contributed by atoms with Gasteiger partial charge in [0.2, 0.25) is 0 Å². The van der Waals surface area contributed by atoms with Crippen molar-refractivity contribution in [3.8, 4) is 11.5 Å². The zero-order valence-electron chi connectivity index (χ0n) is 12.7. The normalized spacial score (nSPS) is 11.6. The SMILES string of the molecule is COc1ccc(O[C@H](C)C(=O)Nc2cc(C)on2)c([N+](=O)[O-])c1. The fraction of sp³-hybridized carbons (Fsp3) is 0.286. The molecule has 2 aromatic rings. The number of carbonyl (C=O) groups is 1. The summed E-state index contributed by atoms with van der Waals surface area (Å²) < 4.78 is 15.1. The van der Waals surface area contributed by atoms with E-state index in [0.29, 0.717) is 11.5 Å². The lowest BCUT2D eigenvalue weighted by Gasteiger charge is -2.14. The fourth-order valence-electron chi connectivity index (χ4n) is 1.76. The van der Waals surface area contributed by atoms with E-state index >= 15 is 0 Å². The topological polar surface area (TPSA) is 117 Å². The van der Waals surface area contributed by atoms with Crippen molar-refractivity contribution in [1.29, 1.82) is 0 Å². The van der Waals surface area contributed by atoms with Crippen molar-refractivity contribution in [3.05, 3.63) is 40.1 Å². The van der Waals surface area contributed by atoms with Gasteiger partial charge >= 0.3 is 5.69 Å². The Kier molecular flexibility index (Phi) is 4.79. The summed E-state index contributed by atoms with van der Waals surface area (Å²) in [6.07, 6.45) is -0.973. The minimum atomic E-state index is -0.973. The lowest BCUT2D eigenvalue weighted by molar-refractivity contribution is -0.386. The van der Waals surface area contributed by atoms with Crippen molar-refractivity contribution in [2.75, 3.05) is 12.4 Å². The fourth-order valence-corrected chi connectivity index (χ4v) is 1.76. The van der Waals surface area contributed by atoms with Gasteiger partial charge in [0.1, 0.15) is 11.5 Å². The molecule has 23 heavy (non-hydrogen) atoms. The molecule has 1 N–H and O–H groups in total. The van der Waals surface area contributed by atoms with Gasteiger partial charge in [0.25, 0.3) is 5.91 Å². The molecule has 0 aliphatic heterocycles. The van der Waals surface area contributed by atoms with E-state index in [1.54, 1.807) is 13.0 Å². The van der Waals surface area contributed by atoms with Crippen LogP contribution in [0.4, 0.5) is 11.5 Å². The lowest BCUT2D eigenvalue weighted by Crippen LogP contribution is -2.30. The number of aryl methyl sites for hydroxylation is 1. The maximum absolute atomic E-state index is 12.0. The summed E-state index contributed by atoms with van der Waals surface area (Å²) in [7, 11) is 1.40. The number of methoxy groups -OCH3 is 1. The van der Waals surface area contributed by atoms with E-state index in [2.05, 4.69) is 10.5 Å². The Morgan fingerprint density at radius 3 is 2.74 bits per heavy atom. The predicted octanol–water partition coefficient (Wildman–Crippen LogP) is 2.31. The number of anilines is 1. The van der Waals surface area contributed by atoms with Crippen LogP contribution in [-0.4, -0.2) is 29.2 Å². The molecule has 1 atom stereocenters. The molecule has 0 radical (unpaired) electrons. The molecule has 0 fully saturated rings. The van der Waals surface area contributed by atoms with E-state index in [0.717, 1.165) is 0 Å². The monoisotopic (exact) mass is 321 g/mol. The molecule has 1 aromatic heterocycles. The van der Waals surface area contributed by atoms with Crippen LogP contribution in [0.25, 0.3) is 0 Å². The van der Waals surface area contributed by atoms with Crippen LogP contribution in [-0.2, 0) is 4.79 Å². The van der Waals surface area contributed by atoms with Gasteiger partial charge in [-0.2, -0.15) is 0 Å². The standard InChI is InChI=1S/C14H15N3O6/c1-8-6-13(16-23-8)15-14(18)9(2)22-12-5-4-10(21-3)7-11(12)17(19)20/h4-7,9H,1-3H3,(H,15,16,18)/t9-/m1/s1. The average molecular weight is 321 g/mol. The highest BCUT2D eigenvalue weighted by molar-refractivity contribution is 5.93. The number of nitrogens with zero attached hydrogens (tertiary/aromatic N) is 2. The van der Waals surface area contributed by atoms with Gasteiger partial charge in [0, 0.05) is 6.07 Å². The first-order valence-corrected chi connectivity index (χ1v) is 6.64. The third kappa shape index (κ3) is 3.96. The molecule has 2 rings (SSSR count). The summed E-state index contributed by atoms with van der Waals surface area (Å²) in [5.41, 5.74) is -0.290. The minimum Gasteiger partial charge on any atom is -0.496 e. The van der Waals surface area contributed by atoms with Gasteiger partial charge in [-0.25, -0.2) is 0 Å². The molecular formula is C14H15N3O6. The summed E-state index contributed by atoms with van der Waals surface area (Å²) in [5.74, 6) is 0.560. The van der Waals surface area contributed by atoms with Gasteiger partial charge in [-0.15, -0.1) is 0 Å². The second-order valence-corrected chi connectivity index (χ2v) is 4.66. The number of carbonyl (C=O) groups excluding carboxylic acids is 1.